The number of halogens is 1. The fourth-order valence-corrected chi connectivity index (χ4v) is 1.48. The molecule has 0 amide bonds. The van der Waals surface area contributed by atoms with Crippen LogP contribution in [0.25, 0.3) is 0 Å². The molecule has 0 saturated heterocycles. The second kappa shape index (κ2) is 4.85. The highest BCUT2D eigenvalue weighted by Gasteiger charge is 2.06. The minimum absolute atomic E-state index is 0.223. The summed E-state index contributed by atoms with van der Waals surface area (Å²) >= 11 is 0. The first-order valence-electron chi connectivity index (χ1n) is 5.13. The van der Waals surface area contributed by atoms with Gasteiger partial charge in [-0.2, -0.15) is 5.10 Å². The van der Waals surface area contributed by atoms with Crippen molar-refractivity contribution in [3.8, 4) is 0 Å². The molecule has 4 nitrogen and oxygen atoms in total. The van der Waals surface area contributed by atoms with Crippen molar-refractivity contribution in [3.05, 3.63) is 47.3 Å². The first-order valence-corrected chi connectivity index (χ1v) is 5.13. The summed E-state index contributed by atoms with van der Waals surface area (Å²) in [5.41, 5.74) is 6.00. The van der Waals surface area contributed by atoms with Crippen molar-refractivity contribution < 1.29 is 4.39 Å². The summed E-state index contributed by atoms with van der Waals surface area (Å²) in [6.07, 6.45) is 1.05. The maximum atomic E-state index is 13.3. The smallest absolute Gasteiger partial charge is 0.151 e. The van der Waals surface area contributed by atoms with E-state index in [1.807, 2.05) is 0 Å². The molecule has 0 saturated carbocycles. The van der Waals surface area contributed by atoms with E-state index in [4.69, 9.17) is 5.73 Å². The standard InChI is InChI=1S/C11H13FN4/c12-9-4-2-1-3-8(9)7-11-14-10(5-6-13)15-16-11/h1-4H,5-7,13H2,(H,14,15,16). The minimum Gasteiger partial charge on any atom is -0.330 e. The van der Waals surface area contributed by atoms with Gasteiger partial charge in [-0.1, -0.05) is 18.2 Å². The number of hydrogen-bond acceptors (Lipinski definition) is 3. The number of aromatic amines is 1. The van der Waals surface area contributed by atoms with E-state index in [2.05, 4.69) is 15.2 Å². The molecule has 1 heterocycles. The van der Waals surface area contributed by atoms with Crippen LogP contribution in [0.4, 0.5) is 4.39 Å². The van der Waals surface area contributed by atoms with Gasteiger partial charge in [0.05, 0.1) is 0 Å². The average Bonchev–Trinajstić information content (AvgIpc) is 2.70. The summed E-state index contributed by atoms with van der Waals surface area (Å²) in [6, 6.07) is 6.64. The molecule has 0 atom stereocenters. The monoisotopic (exact) mass is 220 g/mol. The summed E-state index contributed by atoms with van der Waals surface area (Å²) in [5.74, 6) is 1.11. The van der Waals surface area contributed by atoms with Crippen molar-refractivity contribution in [3.63, 3.8) is 0 Å². The lowest BCUT2D eigenvalue weighted by molar-refractivity contribution is 0.612. The van der Waals surface area contributed by atoms with Crippen LogP contribution in [0.1, 0.15) is 17.2 Å². The minimum atomic E-state index is -0.223. The third-order valence-electron chi connectivity index (χ3n) is 2.26. The van der Waals surface area contributed by atoms with E-state index < -0.39 is 0 Å². The number of nitrogens with zero attached hydrogens (tertiary/aromatic N) is 2. The Bertz CT molecular complexity index is 467. The molecule has 1 aromatic carbocycles. The maximum Gasteiger partial charge on any atom is 0.151 e. The molecule has 0 fully saturated rings. The molecule has 0 bridgehead atoms. The van der Waals surface area contributed by atoms with Gasteiger partial charge >= 0.3 is 0 Å². The van der Waals surface area contributed by atoms with Crippen LogP contribution in [-0.2, 0) is 12.8 Å². The van der Waals surface area contributed by atoms with Crippen LogP contribution in [-0.4, -0.2) is 21.7 Å². The Kier molecular flexibility index (Phi) is 3.26. The van der Waals surface area contributed by atoms with Crippen LogP contribution >= 0.6 is 0 Å². The number of nitrogens with one attached hydrogen (secondary N) is 1. The topological polar surface area (TPSA) is 67.6 Å². The quantitative estimate of drug-likeness (QED) is 0.808. The van der Waals surface area contributed by atoms with E-state index in [1.165, 1.54) is 6.07 Å². The van der Waals surface area contributed by atoms with Crippen LogP contribution < -0.4 is 5.73 Å². The molecule has 0 unspecified atom stereocenters. The number of nitrogens with two attached hydrogens (primary N) is 1. The molecule has 0 spiro atoms. The van der Waals surface area contributed by atoms with Crippen LogP contribution in [0, 0.1) is 5.82 Å². The summed E-state index contributed by atoms with van der Waals surface area (Å²) < 4.78 is 13.3. The van der Waals surface area contributed by atoms with Gasteiger partial charge in [0.1, 0.15) is 11.6 Å². The zero-order valence-electron chi connectivity index (χ0n) is 8.78. The third-order valence-corrected chi connectivity index (χ3v) is 2.26. The molecule has 0 radical (unpaired) electrons. The predicted molar refractivity (Wildman–Crippen MR) is 58.3 cm³/mol. The van der Waals surface area contributed by atoms with Crippen molar-refractivity contribution in [1.82, 2.24) is 15.2 Å². The Hall–Kier alpha value is -1.75. The lowest BCUT2D eigenvalue weighted by Gasteiger charge is -1.98. The first kappa shape index (κ1) is 10.8. The molecule has 16 heavy (non-hydrogen) atoms. The fraction of sp³-hybridized carbons (Fsp3) is 0.273. The van der Waals surface area contributed by atoms with E-state index in [0.29, 0.717) is 36.6 Å². The summed E-state index contributed by atoms with van der Waals surface area (Å²) in [5, 5.41) is 6.78. The van der Waals surface area contributed by atoms with Gasteiger partial charge < -0.3 is 5.73 Å². The average molecular weight is 220 g/mol. The number of hydrogen-bond donors (Lipinski definition) is 2. The third kappa shape index (κ3) is 2.43. The van der Waals surface area contributed by atoms with E-state index in [0.717, 1.165) is 0 Å². The molecule has 5 heteroatoms. The zero-order valence-corrected chi connectivity index (χ0v) is 8.78. The van der Waals surface area contributed by atoms with Gasteiger partial charge in [-0.15, -0.1) is 0 Å². The van der Waals surface area contributed by atoms with Gasteiger partial charge in [-0.05, 0) is 18.2 Å². The molecule has 2 rings (SSSR count). The van der Waals surface area contributed by atoms with Gasteiger partial charge in [0.2, 0.25) is 0 Å². The molecule has 0 aliphatic carbocycles. The highest BCUT2D eigenvalue weighted by Crippen LogP contribution is 2.10. The Morgan fingerprint density at radius 2 is 2.12 bits per heavy atom. The number of aromatic nitrogens is 3. The summed E-state index contributed by atoms with van der Waals surface area (Å²) in [6.45, 7) is 0.511. The van der Waals surface area contributed by atoms with Crippen molar-refractivity contribution in [1.29, 1.82) is 0 Å². The highest BCUT2D eigenvalue weighted by molar-refractivity contribution is 5.20. The molecule has 84 valence electrons. The molecular weight excluding hydrogens is 207 g/mol. The fourth-order valence-electron chi connectivity index (χ4n) is 1.48. The molecule has 2 aromatic rings. The van der Waals surface area contributed by atoms with E-state index in [1.54, 1.807) is 18.2 Å². The van der Waals surface area contributed by atoms with Crippen LogP contribution in [0.3, 0.4) is 0 Å². The van der Waals surface area contributed by atoms with E-state index >= 15 is 0 Å². The van der Waals surface area contributed by atoms with Gasteiger partial charge in [0.15, 0.2) is 5.82 Å². The number of rotatable bonds is 4. The number of benzene rings is 1. The van der Waals surface area contributed by atoms with E-state index in [-0.39, 0.29) is 5.82 Å². The van der Waals surface area contributed by atoms with Crippen molar-refractivity contribution in [2.24, 2.45) is 5.73 Å². The van der Waals surface area contributed by atoms with E-state index in [9.17, 15) is 4.39 Å². The molecule has 3 N–H and O–H groups in total. The first-order chi connectivity index (χ1) is 7.79. The number of H-pyrrole nitrogens is 1. The van der Waals surface area contributed by atoms with Crippen molar-refractivity contribution in [2.75, 3.05) is 6.54 Å². The molecule has 0 aliphatic heterocycles. The second-order valence-corrected chi connectivity index (χ2v) is 3.51. The predicted octanol–water partition coefficient (Wildman–Crippen LogP) is 1.04. The van der Waals surface area contributed by atoms with Gasteiger partial charge in [-0.3, -0.25) is 5.10 Å². The van der Waals surface area contributed by atoms with Crippen LogP contribution in [0.2, 0.25) is 0 Å². The van der Waals surface area contributed by atoms with Crippen molar-refractivity contribution >= 4 is 0 Å². The van der Waals surface area contributed by atoms with Crippen LogP contribution in [0.5, 0.6) is 0 Å². The molecule has 0 aliphatic rings. The summed E-state index contributed by atoms with van der Waals surface area (Å²) in [4.78, 5) is 4.22. The lowest BCUT2D eigenvalue weighted by Crippen LogP contribution is -2.04. The SMILES string of the molecule is NCCc1n[nH]c(Cc2ccccc2F)n1. The van der Waals surface area contributed by atoms with Gasteiger partial charge in [0.25, 0.3) is 0 Å². The Labute approximate surface area is 92.7 Å². The summed E-state index contributed by atoms with van der Waals surface area (Å²) in [7, 11) is 0. The normalized spacial score (nSPS) is 10.6. The Balaban J connectivity index is 2.11. The maximum absolute atomic E-state index is 13.3. The van der Waals surface area contributed by atoms with Crippen molar-refractivity contribution in [2.45, 2.75) is 12.8 Å². The largest absolute Gasteiger partial charge is 0.330 e. The molecule has 1 aromatic heterocycles. The Morgan fingerprint density at radius 3 is 2.88 bits per heavy atom. The molecular formula is C11H13FN4. The lowest BCUT2D eigenvalue weighted by atomic mass is 10.1. The second-order valence-electron chi connectivity index (χ2n) is 3.51. The Morgan fingerprint density at radius 1 is 1.31 bits per heavy atom. The van der Waals surface area contributed by atoms with Gasteiger partial charge in [0, 0.05) is 12.8 Å². The highest BCUT2D eigenvalue weighted by atomic mass is 19.1. The zero-order chi connectivity index (χ0) is 11.4. The van der Waals surface area contributed by atoms with Crippen LogP contribution in [0.15, 0.2) is 24.3 Å². The van der Waals surface area contributed by atoms with Gasteiger partial charge in [-0.25, -0.2) is 9.37 Å².